The van der Waals surface area contributed by atoms with Gasteiger partial charge in [0.2, 0.25) is 5.82 Å². The molecule has 0 aliphatic carbocycles. The zero-order valence-electron chi connectivity index (χ0n) is 16.1. The summed E-state index contributed by atoms with van der Waals surface area (Å²) < 4.78 is 32.5. The van der Waals surface area contributed by atoms with Gasteiger partial charge >= 0.3 is 6.03 Å². The molecule has 1 aliphatic heterocycles. The Hall–Kier alpha value is -3.81. The van der Waals surface area contributed by atoms with Gasteiger partial charge in [0.25, 0.3) is 5.89 Å². The number of hydrogen-bond donors (Lipinski definition) is 1. The number of halogens is 2. The zero-order chi connectivity index (χ0) is 21.3. The fourth-order valence-electron chi connectivity index (χ4n) is 3.39. The quantitative estimate of drug-likeness (QED) is 0.622. The van der Waals surface area contributed by atoms with E-state index in [9.17, 15) is 13.6 Å². The molecule has 1 aromatic heterocycles. The number of allylic oxidation sites excluding steroid dienone is 1. The molecule has 1 unspecified atom stereocenters. The Balaban J connectivity index is 1.82. The van der Waals surface area contributed by atoms with Gasteiger partial charge in [0, 0.05) is 17.8 Å². The molecular weight excluding hydrogens is 390 g/mol. The first-order valence-corrected chi connectivity index (χ1v) is 9.23. The Morgan fingerprint density at radius 3 is 2.67 bits per heavy atom. The number of hydrogen-bond acceptors (Lipinski definition) is 4. The Morgan fingerprint density at radius 1 is 1.20 bits per heavy atom. The van der Waals surface area contributed by atoms with Crippen molar-refractivity contribution in [2.24, 2.45) is 0 Å². The molecule has 0 saturated carbocycles. The van der Waals surface area contributed by atoms with Crippen LogP contribution in [0.25, 0.3) is 17.0 Å². The number of carbonyl (C=O) groups is 1. The van der Waals surface area contributed by atoms with Gasteiger partial charge in [0.05, 0.1) is 11.6 Å². The van der Waals surface area contributed by atoms with Gasteiger partial charge in [-0.15, -0.1) is 6.58 Å². The SMILES string of the molecule is C=CCN1C(=O)NC(c2ccc(F)cc2)C(c2nc(-c3cccc(F)c3)no2)=C1C. The van der Waals surface area contributed by atoms with Crippen LogP contribution >= 0.6 is 0 Å². The van der Waals surface area contributed by atoms with E-state index in [-0.39, 0.29) is 30.1 Å². The topological polar surface area (TPSA) is 71.3 Å². The average molecular weight is 408 g/mol. The van der Waals surface area contributed by atoms with Gasteiger partial charge in [-0.3, -0.25) is 4.90 Å². The zero-order valence-corrected chi connectivity index (χ0v) is 16.1. The molecule has 0 fully saturated rings. The molecule has 8 heteroatoms. The fraction of sp³-hybridized carbons (Fsp3) is 0.136. The number of urea groups is 1. The Bertz CT molecular complexity index is 1140. The Kier molecular flexibility index (Phi) is 5.14. The highest BCUT2D eigenvalue weighted by atomic mass is 19.1. The summed E-state index contributed by atoms with van der Waals surface area (Å²) >= 11 is 0. The number of benzene rings is 2. The van der Waals surface area contributed by atoms with Crippen molar-refractivity contribution in [3.63, 3.8) is 0 Å². The lowest BCUT2D eigenvalue weighted by molar-refractivity contribution is 0.209. The molecular formula is C22H18F2N4O2. The van der Waals surface area contributed by atoms with Crippen LogP contribution in [-0.4, -0.2) is 27.6 Å². The molecule has 1 atom stereocenters. The van der Waals surface area contributed by atoms with E-state index in [4.69, 9.17) is 4.52 Å². The lowest BCUT2D eigenvalue weighted by Gasteiger charge is -2.34. The summed E-state index contributed by atoms with van der Waals surface area (Å²) in [6.07, 6.45) is 1.60. The summed E-state index contributed by atoms with van der Waals surface area (Å²) in [6, 6.07) is 10.7. The fourth-order valence-corrected chi connectivity index (χ4v) is 3.39. The largest absolute Gasteiger partial charge is 0.334 e. The van der Waals surface area contributed by atoms with Crippen molar-refractivity contribution >= 4 is 11.6 Å². The first-order valence-electron chi connectivity index (χ1n) is 9.23. The number of aromatic nitrogens is 2. The molecule has 1 aliphatic rings. The second-order valence-corrected chi connectivity index (χ2v) is 6.77. The summed E-state index contributed by atoms with van der Waals surface area (Å²) in [7, 11) is 0. The van der Waals surface area contributed by atoms with E-state index >= 15 is 0 Å². The van der Waals surface area contributed by atoms with Gasteiger partial charge in [0.15, 0.2) is 0 Å². The van der Waals surface area contributed by atoms with Crippen LogP contribution in [0.4, 0.5) is 13.6 Å². The molecule has 152 valence electrons. The van der Waals surface area contributed by atoms with E-state index in [0.717, 1.165) is 0 Å². The van der Waals surface area contributed by atoms with Crippen LogP contribution in [0.5, 0.6) is 0 Å². The van der Waals surface area contributed by atoms with Crippen molar-refractivity contribution < 1.29 is 18.1 Å². The summed E-state index contributed by atoms with van der Waals surface area (Å²) in [6.45, 7) is 5.73. The predicted molar refractivity (Wildman–Crippen MR) is 107 cm³/mol. The molecule has 0 spiro atoms. The molecule has 2 heterocycles. The van der Waals surface area contributed by atoms with Gasteiger partial charge < -0.3 is 9.84 Å². The minimum absolute atomic E-state index is 0.176. The minimum atomic E-state index is -0.625. The molecule has 0 radical (unpaired) electrons. The van der Waals surface area contributed by atoms with E-state index in [1.165, 1.54) is 29.2 Å². The molecule has 0 saturated heterocycles. The maximum atomic E-state index is 13.6. The van der Waals surface area contributed by atoms with Gasteiger partial charge in [-0.1, -0.05) is 35.5 Å². The number of carbonyl (C=O) groups excluding carboxylic acids is 1. The van der Waals surface area contributed by atoms with Gasteiger partial charge in [-0.25, -0.2) is 13.6 Å². The number of nitrogens with zero attached hydrogens (tertiary/aromatic N) is 3. The van der Waals surface area contributed by atoms with Gasteiger partial charge in [0.1, 0.15) is 11.6 Å². The average Bonchev–Trinajstić information content (AvgIpc) is 3.21. The maximum absolute atomic E-state index is 13.6. The normalized spacial score (nSPS) is 16.6. The van der Waals surface area contributed by atoms with E-state index in [2.05, 4.69) is 22.0 Å². The number of amides is 2. The highest BCUT2D eigenvalue weighted by Gasteiger charge is 2.35. The first kappa shape index (κ1) is 19.5. The molecule has 0 bridgehead atoms. The van der Waals surface area contributed by atoms with Crippen molar-refractivity contribution in [3.8, 4) is 11.4 Å². The molecule has 2 amide bonds. The van der Waals surface area contributed by atoms with Crippen LogP contribution in [-0.2, 0) is 0 Å². The predicted octanol–water partition coefficient (Wildman–Crippen LogP) is 4.70. The van der Waals surface area contributed by atoms with Crippen LogP contribution in [0.1, 0.15) is 24.4 Å². The molecule has 4 rings (SSSR count). The molecule has 30 heavy (non-hydrogen) atoms. The van der Waals surface area contributed by atoms with Crippen molar-refractivity contribution in [2.45, 2.75) is 13.0 Å². The second-order valence-electron chi connectivity index (χ2n) is 6.77. The lowest BCUT2D eigenvalue weighted by atomic mass is 9.94. The van der Waals surface area contributed by atoms with Crippen LogP contribution < -0.4 is 5.32 Å². The molecule has 3 aromatic rings. The third-order valence-corrected chi connectivity index (χ3v) is 4.85. The van der Waals surface area contributed by atoms with Crippen LogP contribution in [0.3, 0.4) is 0 Å². The lowest BCUT2D eigenvalue weighted by Crippen LogP contribution is -2.46. The van der Waals surface area contributed by atoms with Crippen molar-refractivity contribution in [2.75, 3.05) is 6.54 Å². The van der Waals surface area contributed by atoms with Crippen molar-refractivity contribution in [1.82, 2.24) is 20.4 Å². The monoisotopic (exact) mass is 408 g/mol. The summed E-state index contributed by atoms with van der Waals surface area (Å²) in [5.41, 5.74) is 2.29. The summed E-state index contributed by atoms with van der Waals surface area (Å²) in [4.78, 5) is 18.6. The van der Waals surface area contributed by atoms with Crippen LogP contribution in [0.2, 0.25) is 0 Å². The van der Waals surface area contributed by atoms with Crippen molar-refractivity contribution in [3.05, 3.63) is 90.0 Å². The maximum Gasteiger partial charge on any atom is 0.322 e. The molecule has 2 aromatic carbocycles. The van der Waals surface area contributed by atoms with Gasteiger partial charge in [-0.05, 0) is 36.8 Å². The van der Waals surface area contributed by atoms with Crippen molar-refractivity contribution in [1.29, 1.82) is 0 Å². The number of nitrogens with one attached hydrogen (secondary N) is 1. The third kappa shape index (κ3) is 3.59. The van der Waals surface area contributed by atoms with Crippen LogP contribution in [0.15, 0.2) is 71.4 Å². The summed E-state index contributed by atoms with van der Waals surface area (Å²) in [5.74, 6) is -0.409. The van der Waals surface area contributed by atoms with E-state index in [1.54, 1.807) is 37.3 Å². The Labute approximate surface area is 171 Å². The minimum Gasteiger partial charge on any atom is -0.334 e. The van der Waals surface area contributed by atoms with E-state index < -0.39 is 11.9 Å². The van der Waals surface area contributed by atoms with Gasteiger partial charge in [-0.2, -0.15) is 4.98 Å². The first-order chi connectivity index (χ1) is 14.5. The van der Waals surface area contributed by atoms with E-state index in [1.807, 2.05) is 0 Å². The third-order valence-electron chi connectivity index (χ3n) is 4.85. The highest BCUT2D eigenvalue weighted by molar-refractivity contribution is 5.87. The Morgan fingerprint density at radius 2 is 1.97 bits per heavy atom. The van der Waals surface area contributed by atoms with Crippen LogP contribution in [0, 0.1) is 11.6 Å². The second kappa shape index (κ2) is 7.90. The molecule has 6 nitrogen and oxygen atoms in total. The molecule has 1 N–H and O–H groups in total. The highest BCUT2D eigenvalue weighted by Crippen LogP contribution is 2.37. The number of rotatable bonds is 5. The standard InChI is InChI=1S/C22H18F2N4O2/c1-3-11-28-13(2)18(19(25-22(28)29)14-7-9-16(23)10-8-14)21-26-20(27-30-21)15-5-4-6-17(24)12-15/h3-10,12,19H,1,11H2,2H3,(H,25,29). The summed E-state index contributed by atoms with van der Waals surface area (Å²) in [5, 5.41) is 6.87. The van der Waals surface area contributed by atoms with E-state index in [0.29, 0.717) is 22.4 Å². The smallest absolute Gasteiger partial charge is 0.322 e.